The van der Waals surface area contributed by atoms with Crippen LogP contribution < -0.4 is 15.7 Å². The molecular weight excluding hydrogens is 638 g/mol. The van der Waals surface area contributed by atoms with Crippen LogP contribution in [0.2, 0.25) is 0 Å². The molecule has 1 N–H and O–H groups in total. The predicted molar refractivity (Wildman–Crippen MR) is 200 cm³/mol. The Hall–Kier alpha value is -5.40. The maximum absolute atomic E-state index is 12.1. The SMILES string of the molecule is [C-]#[N+]c1ccc(Cn2c(=NC3CCN(CCNC(=O)OC(C)(C)C)CC3)n(Cc3nc(C)ccc3OCc3ccccc3)c3ccccc32)cc1. The summed E-state index contributed by atoms with van der Waals surface area (Å²) in [7, 11) is 0. The summed E-state index contributed by atoms with van der Waals surface area (Å²) in [5, 5.41) is 2.88. The number of hydrogen-bond acceptors (Lipinski definition) is 6. The lowest BCUT2D eigenvalue weighted by molar-refractivity contribution is 0.0520. The Kier molecular flexibility index (Phi) is 11.2. The van der Waals surface area contributed by atoms with Crippen molar-refractivity contribution in [3.8, 4) is 5.75 Å². The van der Waals surface area contributed by atoms with E-state index < -0.39 is 5.60 Å². The van der Waals surface area contributed by atoms with Crippen molar-refractivity contribution in [1.82, 2.24) is 24.3 Å². The minimum absolute atomic E-state index is 0.123. The number of aryl methyl sites for hydroxylation is 1. The van der Waals surface area contributed by atoms with Crippen molar-refractivity contribution in [3.63, 3.8) is 0 Å². The number of likely N-dealkylation sites (tertiary alicyclic amines) is 1. The van der Waals surface area contributed by atoms with Crippen LogP contribution in [0.25, 0.3) is 15.9 Å². The maximum atomic E-state index is 12.1. The smallest absolute Gasteiger partial charge is 0.407 e. The van der Waals surface area contributed by atoms with E-state index in [2.05, 4.69) is 60.6 Å². The summed E-state index contributed by atoms with van der Waals surface area (Å²) in [5.74, 6) is 0.753. The summed E-state index contributed by atoms with van der Waals surface area (Å²) >= 11 is 0. The summed E-state index contributed by atoms with van der Waals surface area (Å²) in [6, 6.07) is 30.5. The monoisotopic (exact) mass is 685 g/mol. The molecule has 10 nitrogen and oxygen atoms in total. The van der Waals surface area contributed by atoms with Gasteiger partial charge in [0.15, 0.2) is 5.69 Å². The van der Waals surface area contributed by atoms with Gasteiger partial charge in [0.2, 0.25) is 5.62 Å². The molecule has 1 fully saturated rings. The number of alkyl carbamates (subject to hydrolysis) is 1. The molecule has 3 aromatic carbocycles. The van der Waals surface area contributed by atoms with Gasteiger partial charge in [0.1, 0.15) is 23.7 Å². The molecule has 0 saturated carbocycles. The van der Waals surface area contributed by atoms with E-state index in [4.69, 9.17) is 26.0 Å². The third kappa shape index (κ3) is 9.44. The second-order valence-electron chi connectivity index (χ2n) is 14.0. The number of ether oxygens (including phenoxy) is 2. The van der Waals surface area contributed by atoms with Crippen LogP contribution in [0.1, 0.15) is 56.1 Å². The van der Waals surface area contributed by atoms with E-state index in [0.29, 0.717) is 31.9 Å². The molecule has 0 atom stereocenters. The van der Waals surface area contributed by atoms with E-state index in [1.807, 2.05) is 82.3 Å². The molecule has 0 spiro atoms. The fourth-order valence-corrected chi connectivity index (χ4v) is 6.38. The normalized spacial score (nSPS) is 14.4. The summed E-state index contributed by atoms with van der Waals surface area (Å²) in [6.07, 6.45) is 1.43. The first-order valence-corrected chi connectivity index (χ1v) is 17.7. The van der Waals surface area contributed by atoms with Crippen molar-refractivity contribution in [1.29, 1.82) is 0 Å². The van der Waals surface area contributed by atoms with Gasteiger partial charge in [-0.05, 0) is 75.9 Å². The molecule has 1 aliphatic rings. The second-order valence-corrected chi connectivity index (χ2v) is 14.0. The molecule has 0 bridgehead atoms. The lowest BCUT2D eigenvalue weighted by Crippen LogP contribution is -2.42. The van der Waals surface area contributed by atoms with E-state index in [1.54, 1.807) is 0 Å². The molecule has 0 radical (unpaired) electrons. The van der Waals surface area contributed by atoms with E-state index in [1.165, 1.54) is 0 Å². The third-order valence-corrected chi connectivity index (χ3v) is 8.92. The Morgan fingerprint density at radius 1 is 0.902 bits per heavy atom. The highest BCUT2D eigenvalue weighted by Crippen LogP contribution is 2.24. The Bertz CT molecular complexity index is 2050. The number of piperidine rings is 1. The first-order chi connectivity index (χ1) is 24.6. The van der Waals surface area contributed by atoms with E-state index in [9.17, 15) is 4.79 Å². The van der Waals surface area contributed by atoms with Gasteiger partial charge in [0.05, 0.1) is 36.7 Å². The van der Waals surface area contributed by atoms with Gasteiger partial charge < -0.3 is 28.8 Å². The predicted octanol–water partition coefficient (Wildman–Crippen LogP) is 7.26. The average Bonchev–Trinajstić information content (AvgIpc) is 3.39. The minimum atomic E-state index is -0.517. The zero-order valence-corrected chi connectivity index (χ0v) is 30.0. The number of carbonyl (C=O) groups excluding carboxylic acids is 1. The number of para-hydroxylation sites is 2. The zero-order chi connectivity index (χ0) is 35.8. The number of benzene rings is 3. The van der Waals surface area contributed by atoms with Crippen molar-refractivity contribution in [3.05, 3.63) is 131 Å². The number of carbonyl (C=O) groups is 1. The van der Waals surface area contributed by atoms with Crippen LogP contribution in [-0.4, -0.2) is 62.9 Å². The number of rotatable bonds is 11. The molecule has 1 aliphatic heterocycles. The molecular formula is C41H47N7O3. The first-order valence-electron chi connectivity index (χ1n) is 17.7. The van der Waals surface area contributed by atoms with Gasteiger partial charge >= 0.3 is 6.09 Å². The van der Waals surface area contributed by atoms with Crippen LogP contribution >= 0.6 is 0 Å². The summed E-state index contributed by atoms with van der Waals surface area (Å²) in [6.45, 7) is 19.6. The van der Waals surface area contributed by atoms with Crippen molar-refractivity contribution in [2.45, 2.75) is 71.9 Å². The molecule has 1 amide bonds. The summed E-state index contributed by atoms with van der Waals surface area (Å²) < 4.78 is 16.3. The van der Waals surface area contributed by atoms with E-state index in [0.717, 1.165) is 77.4 Å². The Labute approximate surface area is 300 Å². The molecule has 264 valence electrons. The topological polar surface area (TPSA) is 90.3 Å². The number of nitrogens with one attached hydrogen (secondary N) is 1. The highest BCUT2D eigenvalue weighted by atomic mass is 16.6. The van der Waals surface area contributed by atoms with Crippen LogP contribution in [0.5, 0.6) is 5.75 Å². The Balaban J connectivity index is 1.30. The lowest BCUT2D eigenvalue weighted by atomic mass is 10.1. The number of amides is 1. The number of nitrogens with zero attached hydrogens (tertiary/aromatic N) is 6. The minimum Gasteiger partial charge on any atom is -0.487 e. The molecule has 51 heavy (non-hydrogen) atoms. The maximum Gasteiger partial charge on any atom is 0.407 e. The standard InChI is InChI=1S/C41H47N7O3/c1-30-15-20-38(50-29-32-11-7-6-8-12-32)35(44-30)28-48-37-14-10-9-13-36(37)47(27-31-16-18-33(42-5)19-17-31)39(48)45-34-21-24-46(25-22-34)26-23-43-40(49)51-41(2,3)4/h6-20,34H,21-29H2,1-4H3,(H,43,49). The number of hydrogen-bond donors (Lipinski definition) is 1. The van der Waals surface area contributed by atoms with Crippen molar-refractivity contribution < 1.29 is 14.3 Å². The van der Waals surface area contributed by atoms with Gasteiger partial charge in [-0.1, -0.05) is 66.7 Å². The van der Waals surface area contributed by atoms with Gasteiger partial charge in [-0.15, -0.1) is 0 Å². The van der Waals surface area contributed by atoms with Crippen LogP contribution in [0.4, 0.5) is 10.5 Å². The van der Waals surface area contributed by atoms with Crippen molar-refractivity contribution in [2.75, 3.05) is 26.2 Å². The number of aromatic nitrogens is 3. The summed E-state index contributed by atoms with van der Waals surface area (Å²) in [5.41, 5.74) is 7.10. The first kappa shape index (κ1) is 35.4. The fourth-order valence-electron chi connectivity index (χ4n) is 6.38. The zero-order valence-electron chi connectivity index (χ0n) is 30.0. The highest BCUT2D eigenvalue weighted by Gasteiger charge is 2.22. The van der Waals surface area contributed by atoms with Crippen LogP contribution in [0, 0.1) is 13.5 Å². The largest absolute Gasteiger partial charge is 0.487 e. The van der Waals surface area contributed by atoms with Gasteiger partial charge in [0.25, 0.3) is 0 Å². The number of imidazole rings is 1. The molecule has 0 aliphatic carbocycles. The molecule has 1 saturated heterocycles. The Morgan fingerprint density at radius 3 is 2.24 bits per heavy atom. The molecule has 5 aromatic rings. The van der Waals surface area contributed by atoms with E-state index >= 15 is 0 Å². The quantitative estimate of drug-likeness (QED) is 0.148. The van der Waals surface area contributed by atoms with Crippen molar-refractivity contribution >= 4 is 22.8 Å². The lowest BCUT2D eigenvalue weighted by Gasteiger charge is -2.30. The molecule has 0 unspecified atom stereocenters. The van der Waals surface area contributed by atoms with E-state index in [-0.39, 0.29) is 12.1 Å². The number of pyridine rings is 1. The molecule has 10 heteroatoms. The van der Waals surface area contributed by atoms with Gasteiger partial charge in [-0.25, -0.2) is 14.6 Å². The van der Waals surface area contributed by atoms with Crippen LogP contribution in [0.3, 0.4) is 0 Å². The van der Waals surface area contributed by atoms with Crippen LogP contribution in [-0.2, 0) is 24.4 Å². The van der Waals surface area contributed by atoms with Gasteiger partial charge in [0, 0.05) is 31.9 Å². The average molecular weight is 686 g/mol. The second kappa shape index (κ2) is 16.1. The summed E-state index contributed by atoms with van der Waals surface area (Å²) in [4.78, 5) is 28.6. The van der Waals surface area contributed by atoms with Crippen molar-refractivity contribution in [2.24, 2.45) is 4.99 Å². The Morgan fingerprint density at radius 2 is 1.57 bits per heavy atom. The fraction of sp³-hybridized carbons (Fsp3) is 0.366. The van der Waals surface area contributed by atoms with Gasteiger partial charge in [-0.2, -0.15) is 0 Å². The number of fused-ring (bicyclic) bond motifs is 1. The van der Waals surface area contributed by atoms with Crippen LogP contribution in [0.15, 0.2) is 96.0 Å². The highest BCUT2D eigenvalue weighted by molar-refractivity contribution is 5.76. The molecule has 3 heterocycles. The third-order valence-electron chi connectivity index (χ3n) is 8.92. The molecule has 2 aromatic heterocycles. The molecule has 6 rings (SSSR count). The van der Waals surface area contributed by atoms with Gasteiger partial charge in [-0.3, -0.25) is 4.98 Å².